The summed E-state index contributed by atoms with van der Waals surface area (Å²) >= 11 is 0. The molecule has 1 saturated heterocycles. The van der Waals surface area contributed by atoms with E-state index in [1.807, 2.05) is 0 Å². The van der Waals surface area contributed by atoms with Gasteiger partial charge in [0.05, 0.1) is 0 Å². The van der Waals surface area contributed by atoms with Crippen LogP contribution in [0.1, 0.15) is 51.6 Å². The van der Waals surface area contributed by atoms with Crippen LogP contribution in [0.5, 0.6) is 0 Å². The highest BCUT2D eigenvalue weighted by Gasteiger charge is 2.45. The van der Waals surface area contributed by atoms with Crippen LogP contribution in [0.15, 0.2) is 30.3 Å². The van der Waals surface area contributed by atoms with Crippen LogP contribution in [0.3, 0.4) is 0 Å². The molecule has 2 aliphatic rings. The van der Waals surface area contributed by atoms with E-state index in [9.17, 15) is 0 Å². The van der Waals surface area contributed by atoms with Crippen molar-refractivity contribution < 1.29 is 0 Å². The first-order valence-electron chi connectivity index (χ1n) is 8.78. The van der Waals surface area contributed by atoms with Crippen LogP contribution < -0.4 is 5.32 Å². The Morgan fingerprint density at radius 1 is 1.24 bits per heavy atom. The van der Waals surface area contributed by atoms with E-state index in [0.717, 1.165) is 24.4 Å². The lowest BCUT2D eigenvalue weighted by molar-refractivity contribution is 0.0956. The second-order valence-corrected chi connectivity index (χ2v) is 6.99. The zero-order valence-corrected chi connectivity index (χ0v) is 13.8. The first-order chi connectivity index (χ1) is 10.2. The maximum absolute atomic E-state index is 3.82. The smallest absolute Gasteiger partial charge is 0.0476 e. The first-order valence-corrected chi connectivity index (χ1v) is 8.78. The Kier molecular flexibility index (Phi) is 4.66. The molecule has 1 saturated carbocycles. The molecule has 1 aromatic carbocycles. The highest BCUT2D eigenvalue weighted by atomic mass is 15.3. The quantitative estimate of drug-likeness (QED) is 0.884. The molecule has 0 spiro atoms. The summed E-state index contributed by atoms with van der Waals surface area (Å²) in [6.07, 6.45) is 4.01. The molecule has 0 aromatic heterocycles. The van der Waals surface area contributed by atoms with E-state index >= 15 is 0 Å². The Labute approximate surface area is 129 Å². The first kappa shape index (κ1) is 15.1. The molecule has 3 rings (SSSR count). The monoisotopic (exact) mass is 286 g/mol. The number of nitrogens with one attached hydrogen (secondary N) is 1. The highest BCUT2D eigenvalue weighted by Crippen LogP contribution is 2.43. The summed E-state index contributed by atoms with van der Waals surface area (Å²) in [5, 5.41) is 3.82. The van der Waals surface area contributed by atoms with E-state index in [0.29, 0.717) is 12.1 Å². The zero-order valence-electron chi connectivity index (χ0n) is 13.8. The van der Waals surface area contributed by atoms with Crippen molar-refractivity contribution in [3.8, 4) is 0 Å². The van der Waals surface area contributed by atoms with E-state index in [2.05, 4.69) is 61.3 Å². The third-order valence-electron chi connectivity index (χ3n) is 5.73. The molecule has 116 valence electrons. The van der Waals surface area contributed by atoms with Crippen molar-refractivity contribution >= 4 is 0 Å². The number of rotatable bonds is 5. The minimum absolute atomic E-state index is 0.563. The molecular formula is C19H30N2. The molecular weight excluding hydrogens is 256 g/mol. The summed E-state index contributed by atoms with van der Waals surface area (Å²) in [7, 11) is 0. The topological polar surface area (TPSA) is 15.3 Å². The maximum atomic E-state index is 3.82. The van der Waals surface area contributed by atoms with Gasteiger partial charge in [0.1, 0.15) is 0 Å². The number of benzene rings is 1. The number of piperazine rings is 1. The SMILES string of the molecule is CCC(C)C1CN(C2CC2CC)C(c2ccccc2)CN1. The molecule has 5 atom stereocenters. The summed E-state index contributed by atoms with van der Waals surface area (Å²) in [5.74, 6) is 1.70. The van der Waals surface area contributed by atoms with Crippen LogP contribution >= 0.6 is 0 Å². The van der Waals surface area contributed by atoms with Crippen molar-refractivity contribution in [1.29, 1.82) is 0 Å². The minimum atomic E-state index is 0.563. The molecule has 0 radical (unpaired) electrons. The van der Waals surface area contributed by atoms with Gasteiger partial charge in [0.15, 0.2) is 0 Å². The fraction of sp³-hybridized carbons (Fsp3) is 0.684. The molecule has 5 unspecified atom stereocenters. The summed E-state index contributed by atoms with van der Waals surface area (Å²) < 4.78 is 0. The van der Waals surface area contributed by atoms with E-state index in [1.54, 1.807) is 0 Å². The van der Waals surface area contributed by atoms with E-state index in [-0.39, 0.29) is 0 Å². The third kappa shape index (κ3) is 3.17. The van der Waals surface area contributed by atoms with Crippen LogP contribution in [0, 0.1) is 11.8 Å². The standard InChI is InChI=1S/C19H30N2/c1-4-14(3)17-13-21(18-11-15(18)5-2)19(12-20-17)16-9-7-6-8-10-16/h6-10,14-15,17-20H,4-5,11-13H2,1-3H3. The normalized spacial score (nSPS) is 34.6. The Morgan fingerprint density at radius 3 is 2.62 bits per heavy atom. The number of nitrogens with zero attached hydrogens (tertiary/aromatic N) is 1. The van der Waals surface area contributed by atoms with Crippen molar-refractivity contribution in [2.75, 3.05) is 13.1 Å². The zero-order chi connectivity index (χ0) is 14.8. The number of hydrogen-bond acceptors (Lipinski definition) is 2. The van der Waals surface area contributed by atoms with E-state index < -0.39 is 0 Å². The van der Waals surface area contributed by atoms with Gasteiger partial charge in [-0.25, -0.2) is 0 Å². The van der Waals surface area contributed by atoms with Crippen LogP contribution in [-0.4, -0.2) is 30.1 Å². The van der Waals surface area contributed by atoms with E-state index in [4.69, 9.17) is 0 Å². The molecule has 1 heterocycles. The molecule has 2 nitrogen and oxygen atoms in total. The van der Waals surface area contributed by atoms with Crippen LogP contribution in [0.4, 0.5) is 0 Å². The molecule has 0 amide bonds. The molecule has 1 aliphatic heterocycles. The van der Waals surface area contributed by atoms with Crippen LogP contribution in [0.2, 0.25) is 0 Å². The van der Waals surface area contributed by atoms with Gasteiger partial charge in [-0.2, -0.15) is 0 Å². The highest BCUT2D eigenvalue weighted by molar-refractivity contribution is 5.21. The van der Waals surface area contributed by atoms with Gasteiger partial charge < -0.3 is 5.32 Å². The summed E-state index contributed by atoms with van der Waals surface area (Å²) in [4.78, 5) is 2.82. The molecule has 2 fully saturated rings. The Bertz CT molecular complexity index is 444. The van der Waals surface area contributed by atoms with Gasteiger partial charge in [-0.3, -0.25) is 4.90 Å². The van der Waals surface area contributed by atoms with Crippen molar-refractivity contribution in [2.45, 2.75) is 58.2 Å². The Balaban J connectivity index is 1.77. The van der Waals surface area contributed by atoms with Gasteiger partial charge >= 0.3 is 0 Å². The van der Waals surface area contributed by atoms with Gasteiger partial charge in [0.2, 0.25) is 0 Å². The van der Waals surface area contributed by atoms with Gasteiger partial charge in [-0.05, 0) is 23.8 Å². The average molecular weight is 286 g/mol. The van der Waals surface area contributed by atoms with Crippen molar-refractivity contribution in [2.24, 2.45) is 11.8 Å². The summed E-state index contributed by atoms with van der Waals surface area (Å²) in [5.41, 5.74) is 1.48. The Morgan fingerprint density at radius 2 is 2.00 bits per heavy atom. The molecule has 1 aromatic rings. The second-order valence-electron chi connectivity index (χ2n) is 6.99. The van der Waals surface area contributed by atoms with Crippen molar-refractivity contribution in [3.05, 3.63) is 35.9 Å². The minimum Gasteiger partial charge on any atom is -0.311 e. The largest absolute Gasteiger partial charge is 0.311 e. The summed E-state index contributed by atoms with van der Waals surface area (Å²) in [6.45, 7) is 9.37. The molecule has 0 bridgehead atoms. The van der Waals surface area contributed by atoms with Crippen LogP contribution in [0.25, 0.3) is 0 Å². The molecule has 21 heavy (non-hydrogen) atoms. The van der Waals surface area contributed by atoms with Crippen molar-refractivity contribution in [3.63, 3.8) is 0 Å². The van der Waals surface area contributed by atoms with Gasteiger partial charge in [0, 0.05) is 31.2 Å². The average Bonchev–Trinajstić information content (AvgIpc) is 3.34. The predicted molar refractivity (Wildman–Crippen MR) is 89.3 cm³/mol. The Hall–Kier alpha value is -0.860. The van der Waals surface area contributed by atoms with E-state index in [1.165, 1.54) is 31.4 Å². The lowest BCUT2D eigenvalue weighted by Crippen LogP contribution is -2.55. The fourth-order valence-electron chi connectivity index (χ4n) is 3.89. The number of hydrogen-bond donors (Lipinski definition) is 1. The molecule has 1 N–H and O–H groups in total. The molecule has 1 aliphatic carbocycles. The van der Waals surface area contributed by atoms with Crippen molar-refractivity contribution in [1.82, 2.24) is 10.2 Å². The molecule has 2 heteroatoms. The van der Waals surface area contributed by atoms with Gasteiger partial charge in [-0.1, -0.05) is 63.9 Å². The van der Waals surface area contributed by atoms with Gasteiger partial charge in [-0.15, -0.1) is 0 Å². The predicted octanol–water partition coefficient (Wildman–Crippen LogP) is 3.85. The fourth-order valence-corrected chi connectivity index (χ4v) is 3.89. The van der Waals surface area contributed by atoms with Crippen LogP contribution in [-0.2, 0) is 0 Å². The third-order valence-corrected chi connectivity index (χ3v) is 5.73. The maximum Gasteiger partial charge on any atom is 0.0476 e. The van der Waals surface area contributed by atoms with Gasteiger partial charge in [0.25, 0.3) is 0 Å². The lowest BCUT2D eigenvalue weighted by atomic mass is 9.93. The second kappa shape index (κ2) is 6.50. The summed E-state index contributed by atoms with van der Waals surface area (Å²) in [6, 6.07) is 13.1. The lowest BCUT2D eigenvalue weighted by Gasteiger charge is -2.43.